The topological polar surface area (TPSA) is 46.5 Å². The Kier molecular flexibility index (Phi) is 4.99. The van der Waals surface area contributed by atoms with Crippen molar-refractivity contribution in [3.63, 3.8) is 0 Å². The Morgan fingerprint density at radius 1 is 1.50 bits per heavy atom. The number of hydrogen-bond donors (Lipinski definition) is 1. The number of hydrogen-bond acceptors (Lipinski definition) is 3. The number of benzene rings is 1. The molecule has 1 aromatic carbocycles. The van der Waals surface area contributed by atoms with Crippen LogP contribution in [0.1, 0.15) is 35.7 Å². The highest BCUT2D eigenvalue weighted by Crippen LogP contribution is 2.20. The van der Waals surface area contributed by atoms with Crippen LogP contribution in [-0.4, -0.2) is 24.1 Å². The molecule has 3 heteroatoms. The molecule has 1 N–H and O–H groups in total. The van der Waals surface area contributed by atoms with Gasteiger partial charge in [-0.2, -0.15) is 0 Å². The summed E-state index contributed by atoms with van der Waals surface area (Å²) in [6.45, 7) is 4.13. The van der Waals surface area contributed by atoms with Crippen molar-refractivity contribution in [1.29, 1.82) is 0 Å². The third-order valence-corrected chi connectivity index (χ3v) is 2.51. The molecule has 0 aliphatic carbocycles. The van der Waals surface area contributed by atoms with Gasteiger partial charge in [-0.3, -0.25) is 4.79 Å². The van der Waals surface area contributed by atoms with Gasteiger partial charge in [0.15, 0.2) is 0 Å². The zero-order valence-corrected chi connectivity index (χ0v) is 9.77. The molecule has 0 aliphatic heterocycles. The van der Waals surface area contributed by atoms with Crippen molar-refractivity contribution in [2.24, 2.45) is 0 Å². The summed E-state index contributed by atoms with van der Waals surface area (Å²) >= 11 is 0. The van der Waals surface area contributed by atoms with Gasteiger partial charge in [-0.05, 0) is 19.4 Å². The quantitative estimate of drug-likeness (QED) is 0.751. The Labute approximate surface area is 96.1 Å². The molecule has 1 atom stereocenters. The summed E-state index contributed by atoms with van der Waals surface area (Å²) in [4.78, 5) is 10.7. The number of aliphatic hydroxyl groups is 1. The molecule has 0 aliphatic rings. The van der Waals surface area contributed by atoms with E-state index in [9.17, 15) is 9.90 Å². The molecule has 0 heterocycles. The van der Waals surface area contributed by atoms with Gasteiger partial charge in [0.2, 0.25) is 0 Å². The van der Waals surface area contributed by atoms with E-state index in [-0.39, 0.29) is 6.61 Å². The molecular weight excluding hydrogens is 204 g/mol. The van der Waals surface area contributed by atoms with Gasteiger partial charge in [-0.25, -0.2) is 0 Å². The number of carbonyl (C=O) groups is 1. The first-order chi connectivity index (χ1) is 7.69. The maximum atomic E-state index is 10.7. The first-order valence-electron chi connectivity index (χ1n) is 5.54. The van der Waals surface area contributed by atoms with Crippen LogP contribution in [0.25, 0.3) is 0 Å². The normalized spacial score (nSPS) is 12.2. The highest BCUT2D eigenvalue weighted by Gasteiger charge is 2.07. The predicted octanol–water partition coefficient (Wildman–Crippen LogP) is 2.35. The van der Waals surface area contributed by atoms with Gasteiger partial charge in [-0.1, -0.05) is 25.5 Å². The molecule has 1 unspecified atom stereocenters. The molecule has 0 amide bonds. The molecule has 1 aromatic rings. The Hall–Kier alpha value is -1.35. The fraction of sp³-hybridized carbons (Fsp3) is 0.462. The lowest BCUT2D eigenvalue weighted by Gasteiger charge is -2.13. The van der Waals surface area contributed by atoms with Gasteiger partial charge in [0.05, 0.1) is 6.10 Å². The van der Waals surface area contributed by atoms with Gasteiger partial charge in [0, 0.05) is 11.1 Å². The average Bonchev–Trinajstić information content (AvgIpc) is 2.28. The van der Waals surface area contributed by atoms with Crippen molar-refractivity contribution >= 4 is 6.29 Å². The van der Waals surface area contributed by atoms with Gasteiger partial charge in [-0.15, -0.1) is 0 Å². The monoisotopic (exact) mass is 222 g/mol. The maximum Gasteiger partial charge on any atom is 0.150 e. The Balaban J connectivity index is 2.63. The SMILES string of the molecule is CCCC(O)COc1cccc(C=O)c1C. The first-order valence-corrected chi connectivity index (χ1v) is 5.54. The van der Waals surface area contributed by atoms with Crippen LogP contribution in [0, 0.1) is 6.92 Å². The van der Waals surface area contributed by atoms with Crippen LogP contribution < -0.4 is 4.74 Å². The van der Waals surface area contributed by atoms with Gasteiger partial charge in [0.25, 0.3) is 0 Å². The maximum absolute atomic E-state index is 10.7. The highest BCUT2D eigenvalue weighted by atomic mass is 16.5. The minimum Gasteiger partial charge on any atom is -0.491 e. The van der Waals surface area contributed by atoms with E-state index in [1.165, 1.54) is 0 Å². The van der Waals surface area contributed by atoms with Crippen molar-refractivity contribution in [2.45, 2.75) is 32.8 Å². The van der Waals surface area contributed by atoms with E-state index in [1.54, 1.807) is 18.2 Å². The largest absolute Gasteiger partial charge is 0.491 e. The van der Waals surface area contributed by atoms with Crippen molar-refractivity contribution in [1.82, 2.24) is 0 Å². The van der Waals surface area contributed by atoms with Crippen LogP contribution in [-0.2, 0) is 0 Å². The van der Waals surface area contributed by atoms with Crippen molar-refractivity contribution in [3.05, 3.63) is 29.3 Å². The van der Waals surface area contributed by atoms with Crippen molar-refractivity contribution in [3.8, 4) is 5.75 Å². The van der Waals surface area contributed by atoms with Gasteiger partial charge < -0.3 is 9.84 Å². The Bertz CT molecular complexity index is 347. The van der Waals surface area contributed by atoms with E-state index in [4.69, 9.17) is 4.74 Å². The molecule has 0 bridgehead atoms. The zero-order chi connectivity index (χ0) is 12.0. The standard InChI is InChI=1S/C13H18O3/c1-3-5-12(15)9-16-13-7-4-6-11(8-14)10(13)2/h4,6-8,12,15H,3,5,9H2,1-2H3. The summed E-state index contributed by atoms with van der Waals surface area (Å²) in [7, 11) is 0. The summed E-state index contributed by atoms with van der Waals surface area (Å²) in [5.41, 5.74) is 1.45. The predicted molar refractivity (Wildman–Crippen MR) is 63.0 cm³/mol. The minimum absolute atomic E-state index is 0.275. The summed E-state index contributed by atoms with van der Waals surface area (Å²) in [5, 5.41) is 9.53. The molecule has 0 spiro atoms. The van der Waals surface area contributed by atoms with Crippen LogP contribution in [0.5, 0.6) is 5.75 Å². The zero-order valence-electron chi connectivity index (χ0n) is 9.77. The average molecular weight is 222 g/mol. The summed E-state index contributed by atoms with van der Waals surface area (Å²) in [5.74, 6) is 0.666. The number of aliphatic hydroxyl groups excluding tert-OH is 1. The lowest BCUT2D eigenvalue weighted by atomic mass is 10.1. The Morgan fingerprint density at radius 3 is 2.88 bits per heavy atom. The molecule has 3 nitrogen and oxygen atoms in total. The molecule has 0 aromatic heterocycles. The lowest BCUT2D eigenvalue weighted by Crippen LogP contribution is -2.17. The summed E-state index contributed by atoms with van der Waals surface area (Å²) < 4.78 is 5.48. The molecule has 88 valence electrons. The van der Waals surface area contributed by atoms with Crippen LogP contribution >= 0.6 is 0 Å². The van der Waals surface area contributed by atoms with Crippen molar-refractivity contribution in [2.75, 3.05) is 6.61 Å². The van der Waals surface area contributed by atoms with Crippen molar-refractivity contribution < 1.29 is 14.6 Å². The van der Waals surface area contributed by atoms with E-state index in [2.05, 4.69) is 0 Å². The molecule has 0 radical (unpaired) electrons. The molecule has 0 fully saturated rings. The van der Waals surface area contributed by atoms with Crippen LogP contribution in [0.15, 0.2) is 18.2 Å². The van der Waals surface area contributed by atoms with E-state index < -0.39 is 6.10 Å². The molecule has 1 rings (SSSR count). The fourth-order valence-corrected chi connectivity index (χ4v) is 1.52. The number of carbonyl (C=O) groups excluding carboxylic acids is 1. The number of rotatable bonds is 6. The molecular formula is C13H18O3. The fourth-order valence-electron chi connectivity index (χ4n) is 1.52. The van der Waals surface area contributed by atoms with Crippen LogP contribution in [0.4, 0.5) is 0 Å². The third-order valence-electron chi connectivity index (χ3n) is 2.51. The number of ether oxygens (including phenoxy) is 1. The molecule has 16 heavy (non-hydrogen) atoms. The third kappa shape index (κ3) is 3.35. The smallest absolute Gasteiger partial charge is 0.150 e. The number of aldehydes is 1. The summed E-state index contributed by atoms with van der Waals surface area (Å²) in [6.07, 6.45) is 2.03. The van der Waals surface area contributed by atoms with Crippen LogP contribution in [0.2, 0.25) is 0 Å². The second-order valence-corrected chi connectivity index (χ2v) is 3.84. The van der Waals surface area contributed by atoms with Gasteiger partial charge >= 0.3 is 0 Å². The van der Waals surface area contributed by atoms with E-state index >= 15 is 0 Å². The minimum atomic E-state index is -0.440. The molecule has 0 saturated heterocycles. The van der Waals surface area contributed by atoms with Crippen LogP contribution in [0.3, 0.4) is 0 Å². The van der Waals surface area contributed by atoms with E-state index in [0.717, 1.165) is 24.7 Å². The highest BCUT2D eigenvalue weighted by molar-refractivity contribution is 5.78. The second-order valence-electron chi connectivity index (χ2n) is 3.84. The second kappa shape index (κ2) is 6.28. The Morgan fingerprint density at radius 2 is 2.25 bits per heavy atom. The van der Waals surface area contributed by atoms with E-state index in [1.807, 2.05) is 13.8 Å². The lowest BCUT2D eigenvalue weighted by molar-refractivity contribution is 0.0989. The van der Waals surface area contributed by atoms with E-state index in [0.29, 0.717) is 11.3 Å². The van der Waals surface area contributed by atoms with Gasteiger partial charge in [0.1, 0.15) is 18.6 Å². The first kappa shape index (κ1) is 12.7. The molecule has 0 saturated carbocycles. The summed E-state index contributed by atoms with van der Waals surface area (Å²) in [6, 6.07) is 5.33.